The molecule has 1 N–H and O–H groups in total. The van der Waals surface area contributed by atoms with Gasteiger partial charge in [-0.2, -0.15) is 0 Å². The zero-order valence-electron chi connectivity index (χ0n) is 20.7. The van der Waals surface area contributed by atoms with E-state index in [1.54, 1.807) is 30.3 Å². The lowest BCUT2D eigenvalue weighted by molar-refractivity contribution is 0.0943. The molecule has 0 aliphatic rings. The van der Waals surface area contributed by atoms with Crippen molar-refractivity contribution >= 4 is 22.6 Å². The molecule has 0 unspecified atom stereocenters. The molecule has 0 saturated carbocycles. The van der Waals surface area contributed by atoms with Crippen molar-refractivity contribution in [3.05, 3.63) is 116 Å². The number of hydrogen-bond donors (Lipinski definition) is 1. The summed E-state index contributed by atoms with van der Waals surface area (Å²) in [6, 6.07) is 18.2. The Labute approximate surface area is 211 Å². The Morgan fingerprint density at radius 1 is 0.946 bits per heavy atom. The van der Waals surface area contributed by atoms with E-state index in [1.807, 2.05) is 45.0 Å². The maximum absolute atomic E-state index is 13.6. The quantitative estimate of drug-likeness (QED) is 0.387. The number of amides is 1. The molecule has 0 saturated heterocycles. The van der Waals surface area contributed by atoms with Crippen LogP contribution < -0.4 is 16.6 Å². The maximum atomic E-state index is 13.6. The van der Waals surface area contributed by atoms with Crippen LogP contribution in [0.4, 0.5) is 4.39 Å². The largest absolute Gasteiger partial charge is 0.352 e. The third-order valence-corrected chi connectivity index (χ3v) is 6.17. The molecule has 0 spiro atoms. The molecule has 9 heteroatoms. The van der Waals surface area contributed by atoms with Crippen LogP contribution in [0, 0.1) is 12.7 Å². The number of aryl methyl sites for hydroxylation is 1. The van der Waals surface area contributed by atoms with Gasteiger partial charge in [0.05, 0.1) is 24.0 Å². The van der Waals surface area contributed by atoms with Crippen molar-refractivity contribution < 1.29 is 9.18 Å². The molecular formula is C28H26FN5O3. The van der Waals surface area contributed by atoms with Gasteiger partial charge in [0.15, 0.2) is 0 Å². The minimum absolute atomic E-state index is 0.0769. The summed E-state index contributed by atoms with van der Waals surface area (Å²) in [6.45, 7) is 5.99. The van der Waals surface area contributed by atoms with E-state index >= 15 is 0 Å². The highest BCUT2D eigenvalue weighted by molar-refractivity contribution is 5.98. The van der Waals surface area contributed by atoms with Crippen molar-refractivity contribution in [2.24, 2.45) is 0 Å². The summed E-state index contributed by atoms with van der Waals surface area (Å²) in [6.07, 6.45) is 0. The lowest BCUT2D eigenvalue weighted by atomic mass is 10.1. The standard InChI is InChI=1S/C28H26FN5O3/c1-17(2)30-25(35)21-10-13-23-24(14-21)34-27(32(26(23)36)15-19-6-4-18(3)5-7-19)31-33(28(34)37)16-20-8-11-22(29)12-9-20/h4-14,17H,15-16H2,1-3H3,(H,30,35). The minimum Gasteiger partial charge on any atom is -0.350 e. The molecule has 188 valence electrons. The predicted molar refractivity (Wildman–Crippen MR) is 140 cm³/mol. The summed E-state index contributed by atoms with van der Waals surface area (Å²) in [5.41, 5.74) is 2.49. The number of benzene rings is 3. The van der Waals surface area contributed by atoms with E-state index in [9.17, 15) is 18.8 Å². The van der Waals surface area contributed by atoms with Gasteiger partial charge in [0.2, 0.25) is 5.78 Å². The first kappa shape index (κ1) is 24.2. The van der Waals surface area contributed by atoms with Crippen molar-refractivity contribution in [2.75, 3.05) is 0 Å². The zero-order chi connectivity index (χ0) is 26.3. The Morgan fingerprint density at radius 2 is 1.59 bits per heavy atom. The number of nitrogens with one attached hydrogen (secondary N) is 1. The number of aromatic nitrogens is 4. The van der Waals surface area contributed by atoms with Gasteiger partial charge in [-0.05, 0) is 62.2 Å². The highest BCUT2D eigenvalue weighted by atomic mass is 19.1. The van der Waals surface area contributed by atoms with Gasteiger partial charge in [0, 0.05) is 11.6 Å². The Bertz CT molecular complexity index is 1750. The van der Waals surface area contributed by atoms with Gasteiger partial charge < -0.3 is 5.32 Å². The van der Waals surface area contributed by atoms with Gasteiger partial charge in [-0.25, -0.2) is 18.3 Å². The second-order valence-corrected chi connectivity index (χ2v) is 9.44. The average molecular weight is 500 g/mol. The van der Waals surface area contributed by atoms with Gasteiger partial charge in [-0.1, -0.05) is 42.0 Å². The fourth-order valence-corrected chi connectivity index (χ4v) is 4.29. The molecule has 0 aliphatic carbocycles. The van der Waals surface area contributed by atoms with Crippen LogP contribution in [0.5, 0.6) is 0 Å². The predicted octanol–water partition coefficient (Wildman–Crippen LogP) is 3.49. The molecule has 37 heavy (non-hydrogen) atoms. The van der Waals surface area contributed by atoms with Gasteiger partial charge in [-0.3, -0.25) is 14.2 Å². The Hall–Kier alpha value is -4.53. The SMILES string of the molecule is Cc1ccc(Cn2c(=O)c3ccc(C(=O)NC(C)C)cc3n3c(=O)n(Cc4ccc(F)cc4)nc23)cc1. The number of carbonyl (C=O) groups excluding carboxylic acids is 1. The molecule has 0 radical (unpaired) electrons. The summed E-state index contributed by atoms with van der Waals surface area (Å²) in [7, 11) is 0. The second kappa shape index (κ2) is 9.50. The molecule has 0 bridgehead atoms. The fourth-order valence-electron chi connectivity index (χ4n) is 4.29. The minimum atomic E-state index is -0.469. The van der Waals surface area contributed by atoms with Gasteiger partial charge >= 0.3 is 5.69 Å². The van der Waals surface area contributed by atoms with Crippen LogP contribution in [-0.2, 0) is 13.1 Å². The molecule has 5 rings (SSSR count). The van der Waals surface area contributed by atoms with E-state index in [0.29, 0.717) is 22.0 Å². The van der Waals surface area contributed by atoms with Crippen molar-refractivity contribution in [1.29, 1.82) is 0 Å². The zero-order valence-corrected chi connectivity index (χ0v) is 20.7. The third kappa shape index (κ3) is 4.67. The molecular weight excluding hydrogens is 473 g/mol. The van der Waals surface area contributed by atoms with Gasteiger partial charge in [-0.15, -0.1) is 5.10 Å². The first-order valence-corrected chi connectivity index (χ1v) is 12.0. The monoisotopic (exact) mass is 499 g/mol. The van der Waals surface area contributed by atoms with Crippen LogP contribution in [0.1, 0.15) is 40.9 Å². The number of hydrogen-bond acceptors (Lipinski definition) is 4. The summed E-state index contributed by atoms with van der Waals surface area (Å²) < 4.78 is 17.5. The molecule has 1 amide bonds. The van der Waals surface area contributed by atoms with Crippen LogP contribution in [0.3, 0.4) is 0 Å². The smallest absolute Gasteiger partial charge is 0.350 e. The van der Waals surface area contributed by atoms with E-state index in [-0.39, 0.29) is 42.2 Å². The molecule has 0 aliphatic heterocycles. The third-order valence-electron chi connectivity index (χ3n) is 6.17. The average Bonchev–Trinajstić information content (AvgIpc) is 3.19. The number of nitrogens with zero attached hydrogens (tertiary/aromatic N) is 4. The lowest BCUT2D eigenvalue weighted by Gasteiger charge is -2.12. The summed E-state index contributed by atoms with van der Waals surface area (Å²) in [5, 5.41) is 7.64. The number of rotatable bonds is 6. The lowest BCUT2D eigenvalue weighted by Crippen LogP contribution is -2.30. The van der Waals surface area contributed by atoms with Gasteiger partial charge in [0.1, 0.15) is 5.82 Å². The van der Waals surface area contributed by atoms with Crippen LogP contribution in [0.2, 0.25) is 0 Å². The molecule has 0 fully saturated rings. The first-order chi connectivity index (χ1) is 17.7. The van der Waals surface area contributed by atoms with Crippen LogP contribution in [0.25, 0.3) is 16.7 Å². The van der Waals surface area contributed by atoms with Crippen molar-refractivity contribution in [3.8, 4) is 0 Å². The highest BCUT2D eigenvalue weighted by Gasteiger charge is 2.19. The summed E-state index contributed by atoms with van der Waals surface area (Å²) >= 11 is 0. The fraction of sp³-hybridized carbons (Fsp3) is 0.214. The highest BCUT2D eigenvalue weighted by Crippen LogP contribution is 2.16. The second-order valence-electron chi connectivity index (χ2n) is 9.44. The first-order valence-electron chi connectivity index (χ1n) is 12.0. The topological polar surface area (TPSA) is 90.4 Å². The van der Waals surface area contributed by atoms with Crippen LogP contribution >= 0.6 is 0 Å². The molecule has 8 nitrogen and oxygen atoms in total. The van der Waals surface area contributed by atoms with Gasteiger partial charge in [0.25, 0.3) is 11.5 Å². The Balaban J connectivity index is 1.74. The number of halogens is 1. The summed E-state index contributed by atoms with van der Waals surface area (Å²) in [5.74, 6) is -0.525. The molecule has 2 heterocycles. The Kier molecular flexibility index (Phi) is 6.20. The molecule has 5 aromatic rings. The molecule has 2 aromatic heterocycles. The van der Waals surface area contributed by atoms with E-state index < -0.39 is 5.69 Å². The van der Waals surface area contributed by atoms with Crippen LogP contribution in [-0.4, -0.2) is 30.7 Å². The molecule has 3 aromatic carbocycles. The van der Waals surface area contributed by atoms with Crippen molar-refractivity contribution in [1.82, 2.24) is 24.1 Å². The van der Waals surface area contributed by atoms with E-state index in [0.717, 1.165) is 11.1 Å². The number of fused-ring (bicyclic) bond motifs is 3. The van der Waals surface area contributed by atoms with Crippen LogP contribution in [0.15, 0.2) is 76.3 Å². The maximum Gasteiger partial charge on any atom is 0.352 e. The van der Waals surface area contributed by atoms with E-state index in [4.69, 9.17) is 0 Å². The molecule has 0 atom stereocenters. The summed E-state index contributed by atoms with van der Waals surface area (Å²) in [4.78, 5) is 39.9. The van der Waals surface area contributed by atoms with Crippen molar-refractivity contribution in [3.63, 3.8) is 0 Å². The van der Waals surface area contributed by atoms with Crippen molar-refractivity contribution in [2.45, 2.75) is 39.9 Å². The normalized spacial score (nSPS) is 11.5. The van der Waals surface area contributed by atoms with E-state index in [2.05, 4.69) is 10.4 Å². The Morgan fingerprint density at radius 3 is 2.27 bits per heavy atom. The number of carbonyl (C=O) groups is 1. The van der Waals surface area contributed by atoms with E-state index in [1.165, 1.54) is 25.8 Å².